The zero-order valence-corrected chi connectivity index (χ0v) is 61.9. The number of hydrogen-bond donors (Lipinski definition) is 0. The molecule has 0 radical (unpaired) electrons. The van der Waals surface area contributed by atoms with E-state index in [1.165, 1.54) is 101 Å². The van der Waals surface area contributed by atoms with Crippen molar-refractivity contribution in [3.05, 3.63) is 319 Å². The van der Waals surface area contributed by atoms with Crippen LogP contribution in [0.5, 0.6) is 0 Å². The number of pyridine rings is 6. The normalized spacial score (nSPS) is 12.3. The number of aryl methyl sites for hydroxylation is 17. The summed E-state index contributed by atoms with van der Waals surface area (Å²) >= 11 is 0. The summed E-state index contributed by atoms with van der Waals surface area (Å²) in [6, 6.07) is 68.8. The van der Waals surface area contributed by atoms with Crippen LogP contribution < -0.4 is 27.4 Å². The minimum atomic E-state index is -2.07. The molecule has 0 aliphatic heterocycles. The average Bonchev–Trinajstić information content (AvgIpc) is 0.781. The molecule has 0 fully saturated rings. The van der Waals surface area contributed by atoms with Crippen molar-refractivity contribution in [3.63, 3.8) is 0 Å². The molecule has 12 rings (SSSR count). The van der Waals surface area contributed by atoms with E-state index in [0.29, 0.717) is 16.7 Å². The lowest BCUT2D eigenvalue weighted by molar-refractivity contribution is -0.667. The Hall–Kier alpha value is -9.78. The Balaban J connectivity index is 0.000000178. The van der Waals surface area contributed by atoms with Crippen LogP contribution in [-0.4, -0.2) is 0 Å². The number of benzene rings is 6. The highest BCUT2D eigenvalue weighted by Crippen LogP contribution is 2.28. The number of aromatic nitrogens is 6. The Morgan fingerprint density at radius 1 is 0.237 bits per heavy atom. The molecule has 0 atom stereocenters. The Labute approximate surface area is 596 Å². The summed E-state index contributed by atoms with van der Waals surface area (Å²) in [5, 5.41) is 0. The van der Waals surface area contributed by atoms with E-state index in [-0.39, 0.29) is 0 Å². The second kappa shape index (κ2) is 33.7. The molecule has 0 saturated carbocycles. The van der Waals surface area contributed by atoms with Gasteiger partial charge in [-0.1, -0.05) is 109 Å². The fraction of sp³-hybridized carbons (Fsp3) is 0.275. The quantitative estimate of drug-likeness (QED) is 0.148. The average molecular weight is 1300 g/mol. The number of rotatable bonds is 6. The standard InChI is InChI=1S/C16H20N.5C15H18N/c1-11-8-6-7-9-15(11)16-14(4)13(3)12(2)10-17(16)5;2*1-11-9-13(3)16(4)15(10-11)14-8-6-5-7-12(14)2;1-11-7-5-6-8-14(11)15-9-12(2)13(3)10-16(15)4;2*1-11-9-10-15(16(4)13(11)3)14-8-6-5-7-12(14)2/h6-10H,1-5H3;5*5-10H,1-4H3/q6*+1/i2D3;;;3D3;1D3;. The highest BCUT2D eigenvalue weighted by Gasteiger charge is 2.21. The van der Waals surface area contributed by atoms with Gasteiger partial charge in [-0.25, -0.2) is 9.13 Å². The van der Waals surface area contributed by atoms with Crippen LogP contribution in [0.15, 0.2) is 213 Å². The van der Waals surface area contributed by atoms with Gasteiger partial charge in [-0.05, 0) is 208 Å². The van der Waals surface area contributed by atoms with Crippen LogP contribution in [0.4, 0.5) is 0 Å². The molecular formula is C91H110N6+6. The molecule has 0 N–H and O–H groups in total. The first-order valence-electron chi connectivity index (χ1n) is 37.9. The smallest absolute Gasteiger partial charge is 0.201 e. The molecule has 0 aliphatic carbocycles. The van der Waals surface area contributed by atoms with Crippen LogP contribution in [0, 0.1) is 131 Å². The zero-order chi connectivity index (χ0) is 78.6. The molecular weight excluding hydrogens is 1180 g/mol. The number of nitrogens with zero attached hydrogens (tertiary/aromatic N) is 6. The SMILES string of the molecule is Cc1cc(C)[n+](C)c(-c2ccccc2C)c1.Cc1cc(C)[n+](C)c(-c2ccccc2C)c1.Cc1ccccc1-c1ccc(C)c(C)[n+]1C.[2H]C([2H])([2H])c1c[n+](C)c(-c2ccccc2C)c(C)c1C.[2H]C([2H])([2H])c1c[n+](C)c(-c2ccccc2C)cc1C.[2H]C([2H])([2H])c1ccc(-c2ccccc2C)[n+](C)c1C. The molecule has 0 saturated heterocycles. The molecule has 0 unspecified atom stereocenters. The van der Waals surface area contributed by atoms with Crippen molar-refractivity contribution in [3.8, 4) is 67.5 Å². The van der Waals surface area contributed by atoms with Crippen LogP contribution in [0.1, 0.15) is 119 Å². The fourth-order valence-corrected chi connectivity index (χ4v) is 12.2. The lowest BCUT2D eigenvalue weighted by Gasteiger charge is -2.10. The summed E-state index contributed by atoms with van der Waals surface area (Å²) in [5.41, 5.74) is 34.4. The third-order valence-electron chi connectivity index (χ3n) is 19.0. The van der Waals surface area contributed by atoms with Gasteiger partial charge < -0.3 is 0 Å². The highest BCUT2D eigenvalue weighted by molar-refractivity contribution is 5.67. The van der Waals surface area contributed by atoms with Crippen molar-refractivity contribution in [1.29, 1.82) is 0 Å². The van der Waals surface area contributed by atoms with E-state index in [9.17, 15) is 0 Å². The summed E-state index contributed by atoms with van der Waals surface area (Å²) < 4.78 is 80.7. The first kappa shape index (κ1) is 62.1. The molecule has 6 aromatic carbocycles. The van der Waals surface area contributed by atoms with E-state index in [1.807, 2.05) is 111 Å². The second-order valence-electron chi connectivity index (χ2n) is 26.1. The van der Waals surface area contributed by atoms with Crippen molar-refractivity contribution < 1.29 is 39.7 Å². The lowest BCUT2D eigenvalue weighted by Crippen LogP contribution is -2.35. The van der Waals surface area contributed by atoms with Crippen molar-refractivity contribution in [2.45, 2.75) is 131 Å². The molecule has 6 aromatic heterocycles. The van der Waals surface area contributed by atoms with Crippen molar-refractivity contribution >= 4 is 0 Å². The summed E-state index contributed by atoms with van der Waals surface area (Å²) in [5.74, 6) is 0. The van der Waals surface area contributed by atoms with E-state index in [1.54, 1.807) is 18.5 Å². The third kappa shape index (κ3) is 18.4. The van der Waals surface area contributed by atoms with E-state index in [0.717, 1.165) is 56.2 Å². The first-order chi connectivity index (χ1) is 49.6. The van der Waals surface area contributed by atoms with Gasteiger partial charge in [-0.3, -0.25) is 0 Å². The van der Waals surface area contributed by atoms with Gasteiger partial charge in [0.05, 0.1) is 0 Å². The van der Waals surface area contributed by atoms with Gasteiger partial charge in [0, 0.05) is 144 Å². The van der Waals surface area contributed by atoms with Crippen LogP contribution in [0.25, 0.3) is 67.5 Å². The molecule has 0 amide bonds. The molecule has 12 aromatic rings. The fourth-order valence-electron chi connectivity index (χ4n) is 12.2. The minimum Gasteiger partial charge on any atom is -0.201 e. The molecule has 0 bridgehead atoms. The summed E-state index contributed by atoms with van der Waals surface area (Å²) in [6.45, 7) is 26.9. The molecule has 0 aliphatic rings. The third-order valence-corrected chi connectivity index (χ3v) is 19.0. The molecule has 498 valence electrons. The van der Waals surface area contributed by atoms with E-state index in [2.05, 4.69) is 264 Å². The van der Waals surface area contributed by atoms with Gasteiger partial charge in [0.1, 0.15) is 42.3 Å². The van der Waals surface area contributed by atoms with Gasteiger partial charge in [-0.15, -0.1) is 0 Å². The van der Waals surface area contributed by atoms with Gasteiger partial charge in [0.25, 0.3) is 0 Å². The van der Waals surface area contributed by atoms with Gasteiger partial charge in [-0.2, -0.15) is 18.3 Å². The van der Waals surface area contributed by atoms with Gasteiger partial charge in [0.15, 0.2) is 35.2 Å². The largest absolute Gasteiger partial charge is 0.215 e. The van der Waals surface area contributed by atoms with Crippen LogP contribution in [0.2, 0.25) is 0 Å². The van der Waals surface area contributed by atoms with Gasteiger partial charge in [0.2, 0.25) is 34.2 Å². The second-order valence-corrected chi connectivity index (χ2v) is 26.1. The summed E-state index contributed by atoms with van der Waals surface area (Å²) in [7, 11) is 12.1. The Kier molecular flexibility index (Phi) is 21.6. The maximum Gasteiger partial charge on any atom is 0.215 e. The highest BCUT2D eigenvalue weighted by atomic mass is 15.0. The van der Waals surface area contributed by atoms with Crippen molar-refractivity contribution in [2.75, 3.05) is 0 Å². The maximum absolute atomic E-state index is 7.64. The molecule has 6 heterocycles. The predicted octanol–water partition coefficient (Wildman–Crippen LogP) is 18.9. The van der Waals surface area contributed by atoms with Gasteiger partial charge >= 0.3 is 0 Å². The van der Waals surface area contributed by atoms with Crippen molar-refractivity contribution in [1.82, 2.24) is 0 Å². The van der Waals surface area contributed by atoms with Crippen LogP contribution in [-0.2, 0) is 42.3 Å². The Bertz CT molecular complexity index is 4960. The minimum absolute atomic E-state index is 0.410. The summed E-state index contributed by atoms with van der Waals surface area (Å²) in [6.07, 6.45) is 3.45. The molecule has 97 heavy (non-hydrogen) atoms. The van der Waals surface area contributed by atoms with Crippen molar-refractivity contribution in [2.24, 2.45) is 42.3 Å². The zero-order valence-electron chi connectivity index (χ0n) is 70.9. The Morgan fingerprint density at radius 2 is 0.557 bits per heavy atom. The van der Waals surface area contributed by atoms with Crippen LogP contribution >= 0.6 is 0 Å². The molecule has 6 heteroatoms. The molecule has 6 nitrogen and oxygen atoms in total. The molecule has 0 spiro atoms. The van der Waals surface area contributed by atoms with Crippen LogP contribution in [0.3, 0.4) is 0 Å². The lowest BCUT2D eigenvalue weighted by atomic mass is 9.97. The first-order valence-corrected chi connectivity index (χ1v) is 33.4. The predicted molar refractivity (Wildman–Crippen MR) is 408 cm³/mol. The van der Waals surface area contributed by atoms with E-state index < -0.39 is 20.6 Å². The maximum atomic E-state index is 7.64. The van der Waals surface area contributed by atoms with E-state index in [4.69, 9.17) is 12.3 Å². The van der Waals surface area contributed by atoms with E-state index >= 15 is 0 Å². The summed E-state index contributed by atoms with van der Waals surface area (Å²) in [4.78, 5) is 0. The number of hydrogen-bond acceptors (Lipinski definition) is 0. The monoisotopic (exact) mass is 1300 g/mol. The topological polar surface area (TPSA) is 23.3 Å². The Morgan fingerprint density at radius 3 is 0.928 bits per heavy atom.